The fourth-order valence-electron chi connectivity index (χ4n) is 2.31. The van der Waals surface area contributed by atoms with Gasteiger partial charge < -0.3 is 16.0 Å². The summed E-state index contributed by atoms with van der Waals surface area (Å²) in [6.45, 7) is 1.28. The molecule has 0 bridgehead atoms. The third kappa shape index (κ3) is 2.21. The average molecular weight is 268 g/mol. The molecule has 0 amide bonds. The Morgan fingerprint density at radius 3 is 2.65 bits per heavy atom. The fraction of sp³-hybridized carbons (Fsp3) is 0.214. The molecule has 0 radical (unpaired) electrons. The largest absolute Gasteiger partial charge is 0.382 e. The number of anilines is 1. The number of benzene rings is 1. The van der Waals surface area contributed by atoms with Crippen molar-refractivity contribution in [2.45, 2.75) is 12.5 Å². The number of aromatic nitrogens is 4. The second-order valence-corrected chi connectivity index (χ2v) is 4.67. The lowest BCUT2D eigenvalue weighted by Crippen LogP contribution is -2.18. The maximum Gasteiger partial charge on any atom is 0.165 e. The van der Waals surface area contributed by atoms with Crippen LogP contribution in [0.1, 0.15) is 11.5 Å². The zero-order valence-corrected chi connectivity index (χ0v) is 11.0. The van der Waals surface area contributed by atoms with E-state index in [1.165, 1.54) is 11.9 Å². The molecule has 0 fully saturated rings. The van der Waals surface area contributed by atoms with Crippen molar-refractivity contribution in [1.82, 2.24) is 19.5 Å². The van der Waals surface area contributed by atoms with Crippen LogP contribution in [0, 0.1) is 0 Å². The van der Waals surface area contributed by atoms with Crippen LogP contribution in [0.15, 0.2) is 43.0 Å². The molecule has 6 heteroatoms. The highest BCUT2D eigenvalue weighted by Gasteiger charge is 2.14. The van der Waals surface area contributed by atoms with Crippen molar-refractivity contribution in [1.29, 1.82) is 0 Å². The first-order valence-corrected chi connectivity index (χ1v) is 6.46. The standard InChI is InChI=1S/C14H16N6/c15-6-11(10-4-2-1-3-5-10)7-20-9-19-12-13(16)17-8-18-14(12)20/h1-5,8-9,11H,6-7,15H2,(H2,16,17,18). The van der Waals surface area contributed by atoms with E-state index in [4.69, 9.17) is 11.5 Å². The number of fused-ring (bicyclic) bond motifs is 1. The lowest BCUT2D eigenvalue weighted by Gasteiger charge is -2.16. The summed E-state index contributed by atoms with van der Waals surface area (Å²) in [6, 6.07) is 10.2. The Labute approximate surface area is 116 Å². The van der Waals surface area contributed by atoms with Gasteiger partial charge in [0, 0.05) is 19.0 Å². The van der Waals surface area contributed by atoms with E-state index in [9.17, 15) is 0 Å². The maximum atomic E-state index is 5.90. The van der Waals surface area contributed by atoms with Gasteiger partial charge >= 0.3 is 0 Å². The van der Waals surface area contributed by atoms with E-state index in [-0.39, 0.29) is 5.92 Å². The molecule has 2 heterocycles. The monoisotopic (exact) mass is 268 g/mol. The highest BCUT2D eigenvalue weighted by molar-refractivity contribution is 5.81. The Morgan fingerprint density at radius 1 is 1.10 bits per heavy atom. The Bertz CT molecular complexity index is 706. The topological polar surface area (TPSA) is 95.6 Å². The summed E-state index contributed by atoms with van der Waals surface area (Å²) in [5.74, 6) is 0.613. The van der Waals surface area contributed by atoms with Crippen molar-refractivity contribution in [3.8, 4) is 0 Å². The van der Waals surface area contributed by atoms with Gasteiger partial charge in [0.1, 0.15) is 11.8 Å². The van der Waals surface area contributed by atoms with Crippen molar-refractivity contribution in [3.05, 3.63) is 48.5 Å². The normalized spacial score (nSPS) is 12.7. The zero-order valence-electron chi connectivity index (χ0n) is 11.0. The molecule has 0 saturated heterocycles. The van der Waals surface area contributed by atoms with Gasteiger partial charge in [0.15, 0.2) is 11.5 Å². The molecular formula is C14H16N6. The molecule has 1 unspecified atom stereocenters. The Hall–Kier alpha value is -2.47. The van der Waals surface area contributed by atoms with Crippen LogP contribution < -0.4 is 11.5 Å². The summed E-state index contributed by atoms with van der Waals surface area (Å²) in [5, 5.41) is 0. The highest BCUT2D eigenvalue weighted by atomic mass is 15.1. The van der Waals surface area contributed by atoms with Crippen LogP contribution in [-0.4, -0.2) is 26.1 Å². The third-order valence-corrected chi connectivity index (χ3v) is 3.40. The Balaban J connectivity index is 1.94. The molecule has 6 nitrogen and oxygen atoms in total. The quantitative estimate of drug-likeness (QED) is 0.740. The Kier molecular flexibility index (Phi) is 3.30. The van der Waals surface area contributed by atoms with Gasteiger partial charge in [-0.3, -0.25) is 0 Å². The first kappa shape index (κ1) is 12.6. The highest BCUT2D eigenvalue weighted by Crippen LogP contribution is 2.20. The molecule has 1 atom stereocenters. The van der Waals surface area contributed by atoms with E-state index in [1.807, 2.05) is 22.8 Å². The number of imidazole rings is 1. The lowest BCUT2D eigenvalue weighted by atomic mass is 9.99. The second kappa shape index (κ2) is 5.26. The van der Waals surface area contributed by atoms with Crippen LogP contribution >= 0.6 is 0 Å². The van der Waals surface area contributed by atoms with Gasteiger partial charge in [0.2, 0.25) is 0 Å². The van der Waals surface area contributed by atoms with Crippen LogP contribution in [0.4, 0.5) is 5.82 Å². The van der Waals surface area contributed by atoms with Gasteiger partial charge in [-0.25, -0.2) is 15.0 Å². The predicted octanol–water partition coefficient (Wildman–Crippen LogP) is 1.15. The fourth-order valence-corrected chi connectivity index (χ4v) is 2.31. The minimum Gasteiger partial charge on any atom is -0.382 e. The predicted molar refractivity (Wildman–Crippen MR) is 78.0 cm³/mol. The summed E-state index contributed by atoms with van der Waals surface area (Å²) < 4.78 is 1.97. The minimum absolute atomic E-state index is 0.213. The summed E-state index contributed by atoms with van der Waals surface area (Å²) >= 11 is 0. The molecule has 0 saturated carbocycles. The zero-order chi connectivity index (χ0) is 13.9. The first-order valence-electron chi connectivity index (χ1n) is 6.46. The minimum atomic E-state index is 0.213. The van der Waals surface area contributed by atoms with E-state index >= 15 is 0 Å². The average Bonchev–Trinajstić information content (AvgIpc) is 2.90. The van der Waals surface area contributed by atoms with E-state index in [0.29, 0.717) is 24.4 Å². The molecule has 0 aliphatic heterocycles. The van der Waals surface area contributed by atoms with E-state index in [1.54, 1.807) is 6.33 Å². The van der Waals surface area contributed by atoms with Crippen molar-refractivity contribution < 1.29 is 0 Å². The molecule has 1 aromatic carbocycles. The van der Waals surface area contributed by atoms with Crippen molar-refractivity contribution in [2.75, 3.05) is 12.3 Å². The maximum absolute atomic E-state index is 5.90. The number of nitrogens with zero attached hydrogens (tertiary/aromatic N) is 4. The van der Waals surface area contributed by atoms with Crippen LogP contribution in [0.2, 0.25) is 0 Å². The molecule has 0 aliphatic carbocycles. The van der Waals surface area contributed by atoms with E-state index in [2.05, 4.69) is 27.1 Å². The van der Waals surface area contributed by atoms with Crippen molar-refractivity contribution >= 4 is 17.0 Å². The first-order chi connectivity index (χ1) is 9.79. The summed E-state index contributed by atoms with van der Waals surface area (Å²) in [4.78, 5) is 12.5. The molecular weight excluding hydrogens is 252 g/mol. The van der Waals surface area contributed by atoms with Crippen LogP contribution in [0.3, 0.4) is 0 Å². The van der Waals surface area contributed by atoms with Gasteiger partial charge in [-0.1, -0.05) is 30.3 Å². The summed E-state index contributed by atoms with van der Waals surface area (Å²) in [7, 11) is 0. The van der Waals surface area contributed by atoms with Crippen LogP contribution in [-0.2, 0) is 6.54 Å². The smallest absolute Gasteiger partial charge is 0.165 e. The van der Waals surface area contributed by atoms with Gasteiger partial charge in [-0.15, -0.1) is 0 Å². The van der Waals surface area contributed by atoms with Crippen LogP contribution in [0.25, 0.3) is 11.2 Å². The molecule has 3 aromatic rings. The number of nitrogen functional groups attached to an aromatic ring is 1. The van der Waals surface area contributed by atoms with Gasteiger partial charge in [-0.2, -0.15) is 0 Å². The van der Waals surface area contributed by atoms with Gasteiger partial charge in [0.05, 0.1) is 6.33 Å². The SMILES string of the molecule is NCC(Cn1cnc2c(N)ncnc21)c1ccccc1. The molecule has 102 valence electrons. The Morgan fingerprint density at radius 2 is 1.90 bits per heavy atom. The van der Waals surface area contributed by atoms with E-state index < -0.39 is 0 Å². The molecule has 20 heavy (non-hydrogen) atoms. The molecule has 3 rings (SSSR count). The number of hydrogen-bond donors (Lipinski definition) is 2. The molecule has 4 N–H and O–H groups in total. The molecule has 0 spiro atoms. The van der Waals surface area contributed by atoms with Crippen molar-refractivity contribution in [3.63, 3.8) is 0 Å². The number of nitrogens with two attached hydrogens (primary N) is 2. The van der Waals surface area contributed by atoms with E-state index in [0.717, 1.165) is 5.65 Å². The number of hydrogen-bond acceptors (Lipinski definition) is 5. The number of rotatable bonds is 4. The lowest BCUT2D eigenvalue weighted by molar-refractivity contribution is 0.574. The molecule has 0 aliphatic rings. The van der Waals surface area contributed by atoms with Crippen molar-refractivity contribution in [2.24, 2.45) is 5.73 Å². The third-order valence-electron chi connectivity index (χ3n) is 3.40. The summed E-state index contributed by atoms with van der Waals surface area (Å²) in [5.41, 5.74) is 14.3. The molecule has 2 aromatic heterocycles. The second-order valence-electron chi connectivity index (χ2n) is 4.67. The van der Waals surface area contributed by atoms with Gasteiger partial charge in [0.25, 0.3) is 0 Å². The van der Waals surface area contributed by atoms with Crippen LogP contribution in [0.5, 0.6) is 0 Å². The summed E-state index contributed by atoms with van der Waals surface area (Å²) in [6.07, 6.45) is 3.19. The van der Waals surface area contributed by atoms with Gasteiger partial charge in [-0.05, 0) is 5.56 Å².